The maximum absolute atomic E-state index is 12.0. The molecule has 2 rings (SSSR count). The van der Waals surface area contributed by atoms with Gasteiger partial charge >= 0.3 is 0 Å². The zero-order chi connectivity index (χ0) is 15.4. The molecule has 1 heterocycles. The molecule has 0 saturated heterocycles. The van der Waals surface area contributed by atoms with Crippen LogP contribution in [0, 0.1) is 0 Å². The van der Waals surface area contributed by atoms with Crippen molar-refractivity contribution in [2.45, 2.75) is 37.2 Å². The molecule has 0 spiro atoms. The maximum Gasteiger partial charge on any atom is 0.233 e. The number of hydrogen-bond acceptors (Lipinski definition) is 4. The first-order chi connectivity index (χ1) is 9.97. The van der Waals surface area contributed by atoms with Crippen LogP contribution in [0.5, 0.6) is 0 Å². The third-order valence-electron chi connectivity index (χ3n) is 2.69. The van der Waals surface area contributed by atoms with Crippen molar-refractivity contribution >= 4 is 29.3 Å². The van der Waals surface area contributed by atoms with Gasteiger partial charge in [0, 0.05) is 11.1 Å². The number of halogens is 1. The van der Waals surface area contributed by atoms with Crippen LogP contribution >= 0.6 is 23.4 Å². The molecule has 0 saturated carbocycles. The van der Waals surface area contributed by atoms with Crippen LogP contribution in [0.25, 0.3) is 5.69 Å². The minimum absolute atomic E-state index is 0.0179. The highest BCUT2D eigenvalue weighted by molar-refractivity contribution is 8.00. The summed E-state index contributed by atoms with van der Waals surface area (Å²) in [5, 5.41) is 11.9. The Hall–Kier alpha value is -1.53. The van der Waals surface area contributed by atoms with Crippen LogP contribution in [0.3, 0.4) is 0 Å². The van der Waals surface area contributed by atoms with Crippen molar-refractivity contribution in [2.75, 3.05) is 0 Å². The predicted molar refractivity (Wildman–Crippen MR) is 85.0 cm³/mol. The van der Waals surface area contributed by atoms with Gasteiger partial charge in [-0.05, 0) is 39.0 Å². The van der Waals surface area contributed by atoms with E-state index >= 15 is 0 Å². The number of carbonyl (C=O) groups is 1. The van der Waals surface area contributed by atoms with Crippen molar-refractivity contribution in [1.82, 2.24) is 20.1 Å². The predicted octanol–water partition coefficient (Wildman–Crippen LogP) is 2.93. The monoisotopic (exact) mass is 324 g/mol. The number of rotatable bonds is 5. The Morgan fingerprint density at radius 1 is 1.38 bits per heavy atom. The molecule has 1 aromatic carbocycles. The second-order valence-electron chi connectivity index (χ2n) is 4.89. The second kappa shape index (κ2) is 6.95. The van der Waals surface area contributed by atoms with Gasteiger partial charge in [0.25, 0.3) is 0 Å². The number of benzene rings is 1. The largest absolute Gasteiger partial charge is 0.353 e. The minimum atomic E-state index is -0.255. The molecule has 0 aliphatic rings. The summed E-state index contributed by atoms with van der Waals surface area (Å²) < 4.78 is 1.82. The van der Waals surface area contributed by atoms with Crippen molar-refractivity contribution in [1.29, 1.82) is 0 Å². The number of hydrogen-bond donors (Lipinski definition) is 1. The van der Waals surface area contributed by atoms with E-state index in [1.165, 1.54) is 11.8 Å². The van der Waals surface area contributed by atoms with Crippen molar-refractivity contribution in [3.63, 3.8) is 0 Å². The molecule has 0 radical (unpaired) electrons. The third-order valence-corrected chi connectivity index (χ3v) is 3.98. The van der Waals surface area contributed by atoms with Gasteiger partial charge in [-0.3, -0.25) is 9.36 Å². The zero-order valence-electron chi connectivity index (χ0n) is 12.1. The van der Waals surface area contributed by atoms with E-state index in [1.807, 2.05) is 43.5 Å². The average Bonchev–Trinajstić information content (AvgIpc) is 2.86. The first-order valence-electron chi connectivity index (χ1n) is 6.60. The van der Waals surface area contributed by atoms with Gasteiger partial charge in [0.05, 0.1) is 10.9 Å². The molecule has 0 fully saturated rings. The zero-order valence-corrected chi connectivity index (χ0v) is 13.6. The molecule has 1 atom stereocenters. The van der Waals surface area contributed by atoms with Crippen molar-refractivity contribution in [2.24, 2.45) is 0 Å². The maximum atomic E-state index is 12.0. The van der Waals surface area contributed by atoms with E-state index in [9.17, 15) is 4.79 Å². The van der Waals surface area contributed by atoms with Gasteiger partial charge in [-0.1, -0.05) is 29.4 Å². The summed E-state index contributed by atoms with van der Waals surface area (Å²) in [7, 11) is 0. The molecule has 0 aliphatic carbocycles. The summed E-state index contributed by atoms with van der Waals surface area (Å²) >= 11 is 7.36. The molecule has 1 aromatic heterocycles. The van der Waals surface area contributed by atoms with E-state index in [0.717, 1.165) is 5.69 Å². The van der Waals surface area contributed by atoms with Gasteiger partial charge in [0.1, 0.15) is 6.33 Å². The molecule has 7 heteroatoms. The summed E-state index contributed by atoms with van der Waals surface area (Å²) in [6.45, 7) is 5.72. The fourth-order valence-electron chi connectivity index (χ4n) is 1.72. The van der Waals surface area contributed by atoms with Gasteiger partial charge in [-0.25, -0.2) is 0 Å². The Kier molecular flexibility index (Phi) is 5.25. The summed E-state index contributed by atoms with van der Waals surface area (Å²) in [4.78, 5) is 12.0. The van der Waals surface area contributed by atoms with Crippen molar-refractivity contribution < 1.29 is 4.79 Å². The number of nitrogens with zero attached hydrogens (tertiary/aromatic N) is 3. The van der Waals surface area contributed by atoms with Gasteiger partial charge < -0.3 is 5.32 Å². The first kappa shape index (κ1) is 15.9. The average molecular weight is 325 g/mol. The highest BCUT2D eigenvalue weighted by atomic mass is 35.5. The van der Waals surface area contributed by atoms with E-state index in [0.29, 0.717) is 10.2 Å². The first-order valence-corrected chi connectivity index (χ1v) is 7.86. The molecule has 0 bridgehead atoms. The Balaban J connectivity index is 2.16. The fraction of sp³-hybridized carbons (Fsp3) is 0.357. The molecule has 1 unspecified atom stereocenters. The summed E-state index contributed by atoms with van der Waals surface area (Å²) in [6.07, 6.45) is 1.61. The smallest absolute Gasteiger partial charge is 0.233 e. The standard InChI is InChI=1S/C14H17ClN4OS/c1-9(2)17-13(20)10(3)21-14-18-16-8-19(14)12-6-4-5-11(15)7-12/h4-10H,1-3H3,(H,17,20). The topological polar surface area (TPSA) is 59.8 Å². The number of aromatic nitrogens is 3. The lowest BCUT2D eigenvalue weighted by Crippen LogP contribution is -2.36. The summed E-state index contributed by atoms with van der Waals surface area (Å²) in [5.41, 5.74) is 0.867. The molecule has 0 aliphatic heterocycles. The molecule has 1 N–H and O–H groups in total. The van der Waals surface area contributed by atoms with Crippen LogP contribution in [-0.2, 0) is 4.79 Å². The number of nitrogens with one attached hydrogen (secondary N) is 1. The molecule has 2 aromatic rings. The Bertz CT molecular complexity index is 629. The van der Waals surface area contributed by atoms with E-state index in [-0.39, 0.29) is 17.2 Å². The van der Waals surface area contributed by atoms with Gasteiger partial charge in [0.15, 0.2) is 5.16 Å². The minimum Gasteiger partial charge on any atom is -0.353 e. The highest BCUT2D eigenvalue weighted by Crippen LogP contribution is 2.25. The van der Waals surface area contributed by atoms with Gasteiger partial charge in [0.2, 0.25) is 5.91 Å². The van der Waals surface area contributed by atoms with Crippen LogP contribution in [0.1, 0.15) is 20.8 Å². The molecule has 112 valence electrons. The van der Waals surface area contributed by atoms with Crippen LogP contribution in [-0.4, -0.2) is 32.0 Å². The highest BCUT2D eigenvalue weighted by Gasteiger charge is 2.18. The number of amides is 1. The van der Waals surface area contributed by atoms with E-state index in [2.05, 4.69) is 15.5 Å². The molecule has 5 nitrogen and oxygen atoms in total. The molecular formula is C14H17ClN4OS. The lowest BCUT2D eigenvalue weighted by Gasteiger charge is -2.14. The lowest BCUT2D eigenvalue weighted by molar-refractivity contribution is -0.120. The molecule has 1 amide bonds. The SMILES string of the molecule is CC(C)NC(=O)C(C)Sc1nncn1-c1cccc(Cl)c1. The summed E-state index contributed by atoms with van der Waals surface area (Å²) in [5.74, 6) is -0.0179. The molecule has 21 heavy (non-hydrogen) atoms. The van der Waals surface area contributed by atoms with Crippen LogP contribution < -0.4 is 5.32 Å². The quantitative estimate of drug-likeness (QED) is 0.859. The van der Waals surface area contributed by atoms with Crippen LogP contribution in [0.2, 0.25) is 5.02 Å². The van der Waals surface area contributed by atoms with Crippen LogP contribution in [0.4, 0.5) is 0 Å². The normalized spacial score (nSPS) is 12.4. The summed E-state index contributed by atoms with van der Waals surface area (Å²) in [6, 6.07) is 7.53. The molecular weight excluding hydrogens is 308 g/mol. The van der Waals surface area contributed by atoms with Crippen molar-refractivity contribution in [3.05, 3.63) is 35.6 Å². The lowest BCUT2D eigenvalue weighted by atomic mass is 10.3. The third kappa shape index (κ3) is 4.22. The van der Waals surface area contributed by atoms with Crippen molar-refractivity contribution in [3.8, 4) is 5.69 Å². The number of thioether (sulfide) groups is 1. The Morgan fingerprint density at radius 2 is 2.14 bits per heavy atom. The van der Waals surface area contributed by atoms with Gasteiger partial charge in [-0.15, -0.1) is 10.2 Å². The van der Waals surface area contributed by atoms with Gasteiger partial charge in [-0.2, -0.15) is 0 Å². The number of carbonyl (C=O) groups excluding carboxylic acids is 1. The second-order valence-corrected chi connectivity index (χ2v) is 6.63. The van der Waals surface area contributed by atoms with Crippen LogP contribution in [0.15, 0.2) is 35.7 Å². The Morgan fingerprint density at radius 3 is 2.81 bits per heavy atom. The van der Waals surface area contributed by atoms with E-state index in [4.69, 9.17) is 11.6 Å². The Labute approximate surface area is 133 Å². The van der Waals surface area contributed by atoms with E-state index < -0.39 is 0 Å². The van der Waals surface area contributed by atoms with E-state index in [1.54, 1.807) is 12.4 Å². The fourth-order valence-corrected chi connectivity index (χ4v) is 2.76.